The monoisotopic (exact) mass is 680 g/mol. The highest BCUT2D eigenvalue weighted by molar-refractivity contribution is 4.97. The second kappa shape index (κ2) is 16.2. The van der Waals surface area contributed by atoms with Gasteiger partial charge in [0.1, 0.15) is 97.7 Å². The van der Waals surface area contributed by atoms with Gasteiger partial charge in [0.2, 0.25) is 0 Å². The first-order chi connectivity index (χ1) is 21.8. The van der Waals surface area contributed by atoms with E-state index in [4.69, 9.17) is 37.9 Å². The average molecular weight is 681 g/mol. The molecular formula is C25H44O21. The van der Waals surface area contributed by atoms with E-state index >= 15 is 0 Å². The fourth-order valence-electron chi connectivity index (χ4n) is 5.73. The van der Waals surface area contributed by atoms with Gasteiger partial charge in [-0.3, -0.25) is 0 Å². The van der Waals surface area contributed by atoms with Crippen LogP contribution in [-0.2, 0) is 37.9 Å². The van der Waals surface area contributed by atoms with Gasteiger partial charge in [-0.05, 0) is 0 Å². The van der Waals surface area contributed by atoms with E-state index in [0.29, 0.717) is 0 Å². The standard InChI is InChI=1S/C25H44O21/c1-39-22-16(36)12(32)19(7(3-27)41-22)45-24-18(38)14(34)21(9(5-29)43-24)46-25-17(37)13(33)20(8(4-28)42-25)44-23-15(35)11(31)10(30)6(2-26)40-23/h6-38H,2-5H2,1H3/t6-,7-,8-,9-,10-,11+,12-,13-,14-,15-,16-,17-,18-,19-,20-,21-,22-,23+,24+,25+/m1/s1. The van der Waals surface area contributed by atoms with Crippen molar-refractivity contribution in [1.82, 2.24) is 0 Å². The quantitative estimate of drug-likeness (QED) is 0.0963. The van der Waals surface area contributed by atoms with E-state index in [2.05, 4.69) is 0 Å². The molecule has 4 heterocycles. The molecule has 0 aromatic heterocycles. The van der Waals surface area contributed by atoms with E-state index in [1.165, 1.54) is 7.11 Å². The molecule has 0 aromatic rings. The van der Waals surface area contributed by atoms with Gasteiger partial charge in [0.15, 0.2) is 25.2 Å². The molecule has 0 unspecified atom stereocenters. The Morgan fingerprint density at radius 2 is 0.652 bits per heavy atom. The molecule has 0 radical (unpaired) electrons. The molecule has 0 bridgehead atoms. The number of hydrogen-bond donors (Lipinski definition) is 13. The molecule has 4 aliphatic heterocycles. The lowest BCUT2D eigenvalue weighted by Gasteiger charge is -2.49. The van der Waals surface area contributed by atoms with Crippen LogP contribution in [0, 0.1) is 0 Å². The maximum Gasteiger partial charge on any atom is 0.187 e. The lowest BCUT2D eigenvalue weighted by atomic mass is 9.95. The Balaban J connectivity index is 1.43. The second-order valence-corrected chi connectivity index (χ2v) is 11.4. The number of aliphatic hydroxyl groups is 13. The van der Waals surface area contributed by atoms with Crippen molar-refractivity contribution in [1.29, 1.82) is 0 Å². The van der Waals surface area contributed by atoms with Gasteiger partial charge >= 0.3 is 0 Å². The topological polar surface area (TPSA) is 337 Å². The van der Waals surface area contributed by atoms with Crippen molar-refractivity contribution in [2.24, 2.45) is 0 Å². The summed E-state index contributed by atoms with van der Waals surface area (Å²) in [4.78, 5) is 0. The molecule has 21 nitrogen and oxygen atoms in total. The lowest BCUT2D eigenvalue weighted by Crippen LogP contribution is -2.67. The van der Waals surface area contributed by atoms with Gasteiger partial charge in [-0.15, -0.1) is 0 Å². The number of methoxy groups -OCH3 is 1. The Morgan fingerprint density at radius 3 is 0.978 bits per heavy atom. The summed E-state index contributed by atoms with van der Waals surface area (Å²) in [5.41, 5.74) is 0. The number of aliphatic hydroxyl groups excluding tert-OH is 13. The molecular weight excluding hydrogens is 636 g/mol. The maximum atomic E-state index is 10.9. The summed E-state index contributed by atoms with van der Waals surface area (Å²) in [5, 5.41) is 133. The van der Waals surface area contributed by atoms with Crippen LogP contribution in [0.25, 0.3) is 0 Å². The molecule has 13 N–H and O–H groups in total. The zero-order valence-electron chi connectivity index (χ0n) is 24.5. The van der Waals surface area contributed by atoms with Crippen LogP contribution in [0.5, 0.6) is 0 Å². The Labute approximate surface area is 261 Å². The minimum absolute atomic E-state index is 0.721. The molecule has 4 fully saturated rings. The van der Waals surface area contributed by atoms with Crippen LogP contribution in [0.4, 0.5) is 0 Å². The molecule has 0 amide bonds. The highest BCUT2D eigenvalue weighted by Gasteiger charge is 2.55. The van der Waals surface area contributed by atoms with E-state index in [-0.39, 0.29) is 0 Å². The van der Waals surface area contributed by atoms with Gasteiger partial charge in [0, 0.05) is 7.11 Å². The van der Waals surface area contributed by atoms with Gasteiger partial charge in [0.25, 0.3) is 0 Å². The molecule has 20 atom stereocenters. The van der Waals surface area contributed by atoms with Gasteiger partial charge in [0.05, 0.1) is 26.4 Å². The smallest absolute Gasteiger partial charge is 0.187 e. The third kappa shape index (κ3) is 7.50. The van der Waals surface area contributed by atoms with Crippen molar-refractivity contribution in [3.8, 4) is 0 Å². The molecule has 0 spiro atoms. The van der Waals surface area contributed by atoms with Crippen molar-refractivity contribution < 1.29 is 104 Å². The minimum Gasteiger partial charge on any atom is -0.394 e. The Kier molecular flexibility index (Phi) is 13.4. The predicted molar refractivity (Wildman–Crippen MR) is 139 cm³/mol. The fourth-order valence-corrected chi connectivity index (χ4v) is 5.73. The van der Waals surface area contributed by atoms with E-state index in [0.717, 1.165) is 0 Å². The van der Waals surface area contributed by atoms with Gasteiger partial charge < -0.3 is 104 Å². The van der Waals surface area contributed by atoms with Crippen molar-refractivity contribution in [2.75, 3.05) is 33.5 Å². The van der Waals surface area contributed by atoms with Gasteiger partial charge in [-0.1, -0.05) is 0 Å². The summed E-state index contributed by atoms with van der Waals surface area (Å²) in [6.45, 7) is -3.26. The van der Waals surface area contributed by atoms with Crippen molar-refractivity contribution in [3.63, 3.8) is 0 Å². The molecule has 46 heavy (non-hydrogen) atoms. The van der Waals surface area contributed by atoms with Crippen LogP contribution < -0.4 is 0 Å². The SMILES string of the molecule is CO[C@@H]1O[C@H](CO)[C@@H](O[C@@H]2O[C@H](CO)[C@@H](O[C@@H]3O[C@H](CO)[C@@H](O[C@@H]4O[C@H](CO)[C@@H](O)[C@H](O)[C@H]4O)[C@H](O)[C@H]3O)[C@H](O)[C@H]2O)[C@H](O)[C@H]1O. The molecule has 4 rings (SSSR count). The largest absolute Gasteiger partial charge is 0.394 e. The van der Waals surface area contributed by atoms with Crippen LogP contribution >= 0.6 is 0 Å². The maximum absolute atomic E-state index is 10.9. The summed E-state index contributed by atoms with van der Waals surface area (Å²) < 4.78 is 43.2. The van der Waals surface area contributed by atoms with Crippen LogP contribution in [0.3, 0.4) is 0 Å². The van der Waals surface area contributed by atoms with Crippen LogP contribution in [0.2, 0.25) is 0 Å². The van der Waals surface area contributed by atoms with Crippen molar-refractivity contribution in [3.05, 3.63) is 0 Å². The minimum atomic E-state index is -2.01. The number of rotatable bonds is 11. The predicted octanol–water partition coefficient (Wildman–Crippen LogP) is -9.09. The number of hydrogen-bond acceptors (Lipinski definition) is 21. The number of ether oxygens (including phenoxy) is 8. The van der Waals surface area contributed by atoms with Gasteiger partial charge in [-0.2, -0.15) is 0 Å². The van der Waals surface area contributed by atoms with Crippen LogP contribution in [0.1, 0.15) is 0 Å². The first kappa shape index (κ1) is 38.0. The third-order valence-electron chi connectivity index (χ3n) is 8.42. The summed E-state index contributed by atoms with van der Waals surface area (Å²) >= 11 is 0. The highest BCUT2D eigenvalue weighted by atomic mass is 16.8. The molecule has 4 saturated heterocycles. The first-order valence-corrected chi connectivity index (χ1v) is 14.5. The van der Waals surface area contributed by atoms with E-state index < -0.39 is 149 Å². The van der Waals surface area contributed by atoms with Crippen LogP contribution in [0.15, 0.2) is 0 Å². The third-order valence-corrected chi connectivity index (χ3v) is 8.42. The van der Waals surface area contributed by atoms with E-state index in [9.17, 15) is 66.4 Å². The fraction of sp³-hybridized carbons (Fsp3) is 1.00. The first-order valence-electron chi connectivity index (χ1n) is 14.5. The summed E-state index contributed by atoms with van der Waals surface area (Å²) in [5.74, 6) is 0. The molecule has 4 aliphatic rings. The highest BCUT2D eigenvalue weighted by Crippen LogP contribution is 2.34. The van der Waals surface area contributed by atoms with E-state index in [1.807, 2.05) is 0 Å². The molecule has 21 heteroatoms. The molecule has 270 valence electrons. The van der Waals surface area contributed by atoms with Crippen LogP contribution in [-0.4, -0.2) is 223 Å². The zero-order chi connectivity index (χ0) is 34.0. The van der Waals surface area contributed by atoms with Gasteiger partial charge in [-0.25, -0.2) is 0 Å². The average Bonchev–Trinajstić information content (AvgIpc) is 3.05. The van der Waals surface area contributed by atoms with E-state index in [1.54, 1.807) is 0 Å². The Morgan fingerprint density at radius 1 is 0.370 bits per heavy atom. The lowest BCUT2D eigenvalue weighted by molar-refractivity contribution is -0.388. The summed E-state index contributed by atoms with van der Waals surface area (Å²) in [6.07, 6.45) is -33.9. The molecule has 0 saturated carbocycles. The van der Waals surface area contributed by atoms with Crippen molar-refractivity contribution in [2.45, 2.75) is 123 Å². The molecule has 0 aromatic carbocycles. The van der Waals surface area contributed by atoms with Crippen molar-refractivity contribution >= 4 is 0 Å². The normalized spacial score (nSPS) is 52.0. The summed E-state index contributed by atoms with van der Waals surface area (Å²) in [7, 11) is 1.19. The molecule has 0 aliphatic carbocycles. The Hall–Kier alpha value is -0.840. The zero-order valence-corrected chi connectivity index (χ0v) is 24.5. The Bertz CT molecular complexity index is 926. The summed E-state index contributed by atoms with van der Waals surface area (Å²) in [6, 6.07) is 0. The second-order valence-electron chi connectivity index (χ2n) is 11.4.